The maximum atomic E-state index is 12.7. The molecule has 6 nitrogen and oxygen atoms in total. The number of ketones is 2. The van der Waals surface area contributed by atoms with Gasteiger partial charge in [0, 0.05) is 12.8 Å². The molecular formula is C32H42O6. The second-order valence-corrected chi connectivity index (χ2v) is 9.79. The molecule has 0 fully saturated rings. The molecule has 0 aromatic heterocycles. The lowest BCUT2D eigenvalue weighted by atomic mass is 9.92. The summed E-state index contributed by atoms with van der Waals surface area (Å²) in [4.78, 5) is 49.6. The highest BCUT2D eigenvalue weighted by Crippen LogP contribution is 2.18. The minimum Gasteiger partial charge on any atom is -0.468 e. The molecule has 2 unspecified atom stereocenters. The molecule has 2 rings (SSSR count). The lowest BCUT2D eigenvalue weighted by Crippen LogP contribution is -2.27. The largest absolute Gasteiger partial charge is 0.468 e. The van der Waals surface area contributed by atoms with Crippen molar-refractivity contribution < 1.29 is 28.7 Å². The molecule has 2 atom stereocenters. The van der Waals surface area contributed by atoms with Crippen LogP contribution in [0.25, 0.3) is 0 Å². The molecule has 0 aliphatic carbocycles. The third-order valence-electron chi connectivity index (χ3n) is 6.91. The smallest absolute Gasteiger partial charge is 0.316 e. The molecule has 0 saturated carbocycles. The Labute approximate surface area is 227 Å². The number of benzene rings is 2. The van der Waals surface area contributed by atoms with Crippen molar-refractivity contribution in [2.45, 2.75) is 77.0 Å². The zero-order valence-electron chi connectivity index (χ0n) is 22.9. The molecular weight excluding hydrogens is 480 g/mol. The molecule has 0 heterocycles. The Balaban J connectivity index is 1.58. The first-order valence-electron chi connectivity index (χ1n) is 13.7. The highest BCUT2D eigenvalue weighted by molar-refractivity contribution is 5.99. The van der Waals surface area contributed by atoms with Gasteiger partial charge in [0.15, 0.2) is 0 Å². The topological polar surface area (TPSA) is 86.7 Å². The minimum absolute atomic E-state index is 0.0529. The van der Waals surface area contributed by atoms with Gasteiger partial charge in [0.05, 0.1) is 14.2 Å². The summed E-state index contributed by atoms with van der Waals surface area (Å²) < 4.78 is 9.73. The van der Waals surface area contributed by atoms with Crippen molar-refractivity contribution in [1.82, 2.24) is 0 Å². The Morgan fingerprint density at radius 2 is 0.842 bits per heavy atom. The molecule has 0 saturated heterocycles. The van der Waals surface area contributed by atoms with E-state index in [1.165, 1.54) is 14.2 Å². The molecule has 0 spiro atoms. The van der Waals surface area contributed by atoms with E-state index in [1.54, 1.807) is 0 Å². The van der Waals surface area contributed by atoms with Gasteiger partial charge in [0.25, 0.3) is 0 Å². The van der Waals surface area contributed by atoms with Gasteiger partial charge in [-0.2, -0.15) is 0 Å². The normalized spacial score (nSPS) is 12.4. The number of methoxy groups -OCH3 is 2. The summed E-state index contributed by atoms with van der Waals surface area (Å²) in [5.74, 6) is -2.51. The molecule has 0 aliphatic heterocycles. The van der Waals surface area contributed by atoms with Gasteiger partial charge in [-0.25, -0.2) is 0 Å². The van der Waals surface area contributed by atoms with E-state index in [2.05, 4.69) is 0 Å². The molecule has 0 aliphatic rings. The Bertz CT molecular complexity index is 904. The minimum atomic E-state index is -0.739. The first-order chi connectivity index (χ1) is 18.5. The quantitative estimate of drug-likeness (QED) is 0.126. The number of Topliss-reactive ketones (excluding diaryl/α,β-unsaturated/α-hetero) is 2. The molecule has 6 heteroatoms. The van der Waals surface area contributed by atoms with Crippen molar-refractivity contribution in [3.8, 4) is 0 Å². The zero-order valence-corrected chi connectivity index (χ0v) is 22.9. The Morgan fingerprint density at radius 1 is 0.526 bits per heavy atom. The van der Waals surface area contributed by atoms with Crippen LogP contribution in [0.3, 0.4) is 0 Å². The summed E-state index contributed by atoms with van der Waals surface area (Å²) in [7, 11) is 2.65. The highest BCUT2D eigenvalue weighted by atomic mass is 16.5. The van der Waals surface area contributed by atoms with Gasteiger partial charge in [0.2, 0.25) is 0 Å². The lowest BCUT2D eigenvalue weighted by Gasteiger charge is -2.14. The number of ether oxygens (including phenoxy) is 2. The van der Waals surface area contributed by atoms with Crippen LogP contribution in [0.5, 0.6) is 0 Å². The third-order valence-corrected chi connectivity index (χ3v) is 6.91. The van der Waals surface area contributed by atoms with Gasteiger partial charge in [-0.3, -0.25) is 19.2 Å². The predicted octanol–water partition coefficient (Wildman–Crippen LogP) is 6.09. The molecule has 0 radical (unpaired) electrons. The fourth-order valence-electron chi connectivity index (χ4n) is 4.65. The van der Waals surface area contributed by atoms with E-state index in [0.717, 1.165) is 62.5 Å². The molecule has 206 valence electrons. The number of carbonyl (C=O) groups excluding carboxylic acids is 4. The molecule has 0 amide bonds. The van der Waals surface area contributed by atoms with Crippen LogP contribution in [0.2, 0.25) is 0 Å². The lowest BCUT2D eigenvalue weighted by molar-refractivity contribution is -0.150. The van der Waals surface area contributed by atoms with Crippen molar-refractivity contribution in [1.29, 1.82) is 0 Å². The van der Waals surface area contributed by atoms with Gasteiger partial charge in [-0.1, -0.05) is 99.2 Å². The summed E-state index contributed by atoms with van der Waals surface area (Å²) in [6.07, 6.45) is 9.19. The Morgan fingerprint density at radius 3 is 1.16 bits per heavy atom. The van der Waals surface area contributed by atoms with Crippen LogP contribution in [0.15, 0.2) is 60.7 Å². The van der Waals surface area contributed by atoms with Gasteiger partial charge >= 0.3 is 11.9 Å². The van der Waals surface area contributed by atoms with Gasteiger partial charge < -0.3 is 9.47 Å². The monoisotopic (exact) mass is 522 g/mol. The van der Waals surface area contributed by atoms with E-state index in [4.69, 9.17) is 9.47 Å². The third kappa shape index (κ3) is 11.4. The van der Waals surface area contributed by atoms with Crippen LogP contribution < -0.4 is 0 Å². The van der Waals surface area contributed by atoms with Crippen molar-refractivity contribution in [3.05, 3.63) is 71.8 Å². The Kier molecular flexibility index (Phi) is 14.7. The number of hydrogen-bond donors (Lipinski definition) is 0. The van der Waals surface area contributed by atoms with E-state index < -0.39 is 23.8 Å². The number of carbonyl (C=O) groups is 4. The van der Waals surface area contributed by atoms with Crippen LogP contribution in [0, 0.1) is 11.8 Å². The van der Waals surface area contributed by atoms with E-state index in [9.17, 15) is 19.2 Å². The van der Waals surface area contributed by atoms with Gasteiger partial charge in [-0.05, 0) is 36.8 Å². The van der Waals surface area contributed by atoms with E-state index >= 15 is 0 Å². The highest BCUT2D eigenvalue weighted by Gasteiger charge is 2.28. The fraction of sp³-hybridized carbons (Fsp3) is 0.500. The van der Waals surface area contributed by atoms with Gasteiger partial charge in [-0.15, -0.1) is 0 Å². The predicted molar refractivity (Wildman–Crippen MR) is 147 cm³/mol. The summed E-state index contributed by atoms with van der Waals surface area (Å²) in [6, 6.07) is 19.1. The number of hydrogen-bond acceptors (Lipinski definition) is 6. The van der Waals surface area contributed by atoms with Crippen molar-refractivity contribution in [2.75, 3.05) is 14.2 Å². The first kappa shape index (κ1) is 30.9. The Hall–Kier alpha value is -3.28. The standard InChI is InChI=1S/C32H42O6/c1-37-31(35)27(23-25-17-11-9-12-18-25)29(33)21-15-7-5-3-4-6-8-16-22-30(34)28(32(36)38-2)24-26-19-13-10-14-20-26/h9-14,17-20,27-28H,3-8,15-16,21-24H2,1-2H3. The summed E-state index contributed by atoms with van der Waals surface area (Å²) >= 11 is 0. The number of rotatable bonds is 19. The second-order valence-electron chi connectivity index (χ2n) is 9.79. The summed E-state index contributed by atoms with van der Waals surface area (Å²) in [6.45, 7) is 0. The maximum Gasteiger partial charge on any atom is 0.316 e. The van der Waals surface area contributed by atoms with Crippen LogP contribution in [0.1, 0.15) is 75.3 Å². The SMILES string of the molecule is COC(=O)C(Cc1ccccc1)C(=O)CCCCCCCCCCC(=O)C(Cc1ccccc1)C(=O)OC. The molecule has 38 heavy (non-hydrogen) atoms. The zero-order chi connectivity index (χ0) is 27.6. The second kappa shape index (κ2) is 18.1. The molecule has 0 N–H and O–H groups in total. The number of esters is 2. The van der Waals surface area contributed by atoms with Crippen molar-refractivity contribution in [2.24, 2.45) is 11.8 Å². The summed E-state index contributed by atoms with van der Waals surface area (Å²) in [5, 5.41) is 0. The van der Waals surface area contributed by atoms with Crippen LogP contribution >= 0.6 is 0 Å². The van der Waals surface area contributed by atoms with E-state index in [0.29, 0.717) is 25.7 Å². The fourth-order valence-corrected chi connectivity index (χ4v) is 4.65. The van der Waals surface area contributed by atoms with Crippen molar-refractivity contribution in [3.63, 3.8) is 0 Å². The molecule has 0 bridgehead atoms. The summed E-state index contributed by atoms with van der Waals surface area (Å²) in [5.41, 5.74) is 1.91. The average molecular weight is 523 g/mol. The first-order valence-corrected chi connectivity index (χ1v) is 13.7. The average Bonchev–Trinajstić information content (AvgIpc) is 2.95. The van der Waals surface area contributed by atoms with Crippen LogP contribution in [-0.4, -0.2) is 37.7 Å². The van der Waals surface area contributed by atoms with Crippen LogP contribution in [0.4, 0.5) is 0 Å². The number of unbranched alkanes of at least 4 members (excludes halogenated alkanes) is 7. The van der Waals surface area contributed by atoms with E-state index in [1.807, 2.05) is 60.7 Å². The molecule has 2 aromatic carbocycles. The van der Waals surface area contributed by atoms with Gasteiger partial charge in [0.1, 0.15) is 23.4 Å². The molecule has 2 aromatic rings. The van der Waals surface area contributed by atoms with E-state index in [-0.39, 0.29) is 11.6 Å². The maximum absolute atomic E-state index is 12.7. The van der Waals surface area contributed by atoms with Crippen LogP contribution in [-0.2, 0) is 41.5 Å². The van der Waals surface area contributed by atoms with Crippen molar-refractivity contribution >= 4 is 23.5 Å².